The van der Waals surface area contributed by atoms with Crippen LogP contribution in [0.1, 0.15) is 37.9 Å². The van der Waals surface area contributed by atoms with E-state index in [9.17, 15) is 9.59 Å². The molecule has 0 N–H and O–H groups in total. The molecular formula is C18H28N4O2S. The topological polar surface area (TPSA) is 56.8 Å². The van der Waals surface area contributed by atoms with E-state index in [-0.39, 0.29) is 23.3 Å². The van der Waals surface area contributed by atoms with Crippen molar-refractivity contribution in [2.45, 2.75) is 46.2 Å². The van der Waals surface area contributed by atoms with Crippen LogP contribution >= 0.6 is 11.3 Å². The fraction of sp³-hybridized carbons (Fsp3) is 0.722. The zero-order valence-corrected chi connectivity index (χ0v) is 16.4. The van der Waals surface area contributed by atoms with Crippen molar-refractivity contribution < 1.29 is 9.59 Å². The van der Waals surface area contributed by atoms with Gasteiger partial charge in [-0.1, -0.05) is 0 Å². The molecule has 0 aliphatic carbocycles. The number of likely N-dealkylation sites (tertiary alicyclic amines) is 1. The summed E-state index contributed by atoms with van der Waals surface area (Å²) >= 11 is 1.68. The minimum Gasteiger partial charge on any atom is -0.340 e. The van der Waals surface area contributed by atoms with E-state index in [1.165, 1.54) is 0 Å². The number of hydrogen-bond donors (Lipinski definition) is 0. The van der Waals surface area contributed by atoms with E-state index in [2.05, 4.69) is 15.3 Å². The van der Waals surface area contributed by atoms with Crippen molar-refractivity contribution in [1.82, 2.24) is 19.7 Å². The van der Waals surface area contributed by atoms with E-state index in [0.717, 1.165) is 43.4 Å². The highest BCUT2D eigenvalue weighted by Crippen LogP contribution is 2.27. The third-order valence-electron chi connectivity index (χ3n) is 5.02. The second-order valence-electron chi connectivity index (χ2n) is 8.04. The summed E-state index contributed by atoms with van der Waals surface area (Å²) in [6.07, 6.45) is 0.356. The number of carbonyl (C=O) groups excluding carboxylic acids is 2. The summed E-state index contributed by atoms with van der Waals surface area (Å²) in [7, 11) is 0. The fourth-order valence-corrected chi connectivity index (χ4v) is 4.22. The second kappa shape index (κ2) is 7.03. The SMILES string of the molecule is Cc1nc(CN2CCN(C(=O)[C@@H]3CC(=O)N(C(C)(C)C)C3)CC2)cs1. The molecule has 0 saturated carbocycles. The van der Waals surface area contributed by atoms with Crippen molar-refractivity contribution in [3.8, 4) is 0 Å². The molecule has 2 saturated heterocycles. The van der Waals surface area contributed by atoms with Crippen LogP contribution in [-0.4, -0.2) is 69.8 Å². The number of nitrogens with zero attached hydrogens (tertiary/aromatic N) is 4. The van der Waals surface area contributed by atoms with Crippen molar-refractivity contribution in [2.75, 3.05) is 32.7 Å². The van der Waals surface area contributed by atoms with Gasteiger partial charge < -0.3 is 9.80 Å². The van der Waals surface area contributed by atoms with Gasteiger partial charge in [0.05, 0.1) is 16.6 Å². The first-order chi connectivity index (χ1) is 11.7. The van der Waals surface area contributed by atoms with E-state index in [1.807, 2.05) is 37.5 Å². The number of aryl methyl sites for hydroxylation is 1. The predicted octanol–water partition coefficient (Wildman–Crippen LogP) is 1.74. The highest BCUT2D eigenvalue weighted by atomic mass is 32.1. The van der Waals surface area contributed by atoms with Gasteiger partial charge in [0.25, 0.3) is 0 Å². The molecule has 2 aliphatic heterocycles. The molecule has 25 heavy (non-hydrogen) atoms. The summed E-state index contributed by atoms with van der Waals surface area (Å²) in [6.45, 7) is 12.7. The van der Waals surface area contributed by atoms with Crippen LogP contribution in [-0.2, 0) is 16.1 Å². The molecular weight excluding hydrogens is 336 g/mol. The first-order valence-corrected chi connectivity index (χ1v) is 9.84. The van der Waals surface area contributed by atoms with Crippen LogP contribution < -0.4 is 0 Å². The van der Waals surface area contributed by atoms with E-state index in [4.69, 9.17) is 0 Å². The highest BCUT2D eigenvalue weighted by Gasteiger charge is 2.41. The minimum atomic E-state index is -0.212. The molecule has 6 nitrogen and oxygen atoms in total. The minimum absolute atomic E-state index is 0.100. The Kier molecular flexibility index (Phi) is 5.16. The summed E-state index contributed by atoms with van der Waals surface area (Å²) < 4.78 is 0. The van der Waals surface area contributed by atoms with Gasteiger partial charge in [-0.15, -0.1) is 11.3 Å². The van der Waals surface area contributed by atoms with Crippen LogP contribution in [0.2, 0.25) is 0 Å². The molecule has 0 unspecified atom stereocenters. The van der Waals surface area contributed by atoms with Gasteiger partial charge in [0.1, 0.15) is 0 Å². The fourth-order valence-electron chi connectivity index (χ4n) is 3.62. The Morgan fingerprint density at radius 2 is 1.96 bits per heavy atom. The quantitative estimate of drug-likeness (QED) is 0.820. The third kappa shape index (κ3) is 4.20. The second-order valence-corrected chi connectivity index (χ2v) is 9.10. The van der Waals surface area contributed by atoms with Crippen molar-refractivity contribution in [1.29, 1.82) is 0 Å². The van der Waals surface area contributed by atoms with Crippen LogP contribution in [0.4, 0.5) is 0 Å². The summed E-state index contributed by atoms with van der Waals surface area (Å²) in [5, 5.41) is 3.20. The van der Waals surface area contributed by atoms with Gasteiger partial charge in [0.15, 0.2) is 0 Å². The molecule has 7 heteroatoms. The Morgan fingerprint density at radius 1 is 1.28 bits per heavy atom. The zero-order chi connectivity index (χ0) is 18.2. The smallest absolute Gasteiger partial charge is 0.228 e. The standard InChI is InChI=1S/C18H28N4O2S/c1-13-19-15(12-25-13)11-20-5-7-21(8-6-20)17(24)14-9-16(23)22(10-14)18(2,3)4/h12,14H,5-11H2,1-4H3/t14-/m1/s1. The molecule has 2 aliphatic rings. The van der Waals surface area contributed by atoms with Crippen molar-refractivity contribution in [3.63, 3.8) is 0 Å². The van der Waals surface area contributed by atoms with Gasteiger partial charge in [-0.2, -0.15) is 0 Å². The monoisotopic (exact) mass is 364 g/mol. The lowest BCUT2D eigenvalue weighted by atomic mass is 10.1. The van der Waals surface area contributed by atoms with E-state index in [0.29, 0.717) is 13.0 Å². The normalized spacial score (nSPS) is 22.7. The Hall–Kier alpha value is -1.47. The number of thiazole rings is 1. The maximum absolute atomic E-state index is 12.8. The average Bonchev–Trinajstić information content (AvgIpc) is 3.13. The predicted molar refractivity (Wildman–Crippen MR) is 98.3 cm³/mol. The number of hydrogen-bond acceptors (Lipinski definition) is 5. The molecule has 1 atom stereocenters. The van der Waals surface area contributed by atoms with Gasteiger partial charge in [-0.25, -0.2) is 4.98 Å². The van der Waals surface area contributed by atoms with Gasteiger partial charge in [0, 0.05) is 56.6 Å². The summed E-state index contributed by atoms with van der Waals surface area (Å²) in [5.41, 5.74) is 0.903. The first kappa shape index (κ1) is 18.3. The number of amides is 2. The maximum Gasteiger partial charge on any atom is 0.228 e. The molecule has 0 radical (unpaired) electrons. The van der Waals surface area contributed by atoms with Gasteiger partial charge in [0.2, 0.25) is 11.8 Å². The van der Waals surface area contributed by atoms with Crippen LogP contribution in [0.25, 0.3) is 0 Å². The molecule has 0 spiro atoms. The molecule has 138 valence electrons. The van der Waals surface area contributed by atoms with Crippen molar-refractivity contribution in [3.05, 3.63) is 16.1 Å². The number of rotatable bonds is 3. The van der Waals surface area contributed by atoms with E-state index >= 15 is 0 Å². The van der Waals surface area contributed by atoms with Gasteiger partial charge in [-0.05, 0) is 27.7 Å². The Morgan fingerprint density at radius 3 is 2.48 bits per heavy atom. The molecule has 1 aromatic heterocycles. The Bertz CT molecular complexity index is 644. The molecule has 2 amide bonds. The van der Waals surface area contributed by atoms with E-state index in [1.54, 1.807) is 11.3 Å². The molecule has 3 heterocycles. The number of aromatic nitrogens is 1. The lowest BCUT2D eigenvalue weighted by Gasteiger charge is -2.36. The van der Waals surface area contributed by atoms with Gasteiger partial charge in [-0.3, -0.25) is 14.5 Å². The largest absolute Gasteiger partial charge is 0.340 e. The maximum atomic E-state index is 12.8. The van der Waals surface area contributed by atoms with Crippen molar-refractivity contribution in [2.24, 2.45) is 5.92 Å². The Labute approximate surface area is 153 Å². The van der Waals surface area contributed by atoms with Gasteiger partial charge >= 0.3 is 0 Å². The molecule has 0 aromatic carbocycles. The van der Waals surface area contributed by atoms with Crippen LogP contribution in [0.3, 0.4) is 0 Å². The van der Waals surface area contributed by atoms with Crippen LogP contribution in [0, 0.1) is 12.8 Å². The lowest BCUT2D eigenvalue weighted by molar-refractivity contribution is -0.137. The molecule has 3 rings (SSSR count). The number of carbonyl (C=O) groups is 2. The van der Waals surface area contributed by atoms with Crippen LogP contribution in [0.15, 0.2) is 5.38 Å². The lowest BCUT2D eigenvalue weighted by Crippen LogP contribution is -2.50. The average molecular weight is 365 g/mol. The zero-order valence-electron chi connectivity index (χ0n) is 15.6. The van der Waals surface area contributed by atoms with Crippen molar-refractivity contribution >= 4 is 23.2 Å². The summed E-state index contributed by atoms with van der Waals surface area (Å²) in [5.74, 6) is 0.0621. The highest BCUT2D eigenvalue weighted by molar-refractivity contribution is 7.09. The molecule has 1 aromatic rings. The third-order valence-corrected chi connectivity index (χ3v) is 5.84. The summed E-state index contributed by atoms with van der Waals surface area (Å²) in [4.78, 5) is 35.7. The molecule has 2 fully saturated rings. The van der Waals surface area contributed by atoms with E-state index < -0.39 is 0 Å². The van der Waals surface area contributed by atoms with Crippen LogP contribution in [0.5, 0.6) is 0 Å². The Balaban J connectivity index is 1.51. The number of piperazine rings is 1. The summed E-state index contributed by atoms with van der Waals surface area (Å²) in [6, 6.07) is 0. The molecule has 0 bridgehead atoms. The first-order valence-electron chi connectivity index (χ1n) is 8.96.